The number of carbonyl (C=O) groups excluding carboxylic acids is 2. The standard InChI is InChI=1S/C26H28N2O5S/c1-20(16-17-21-10-5-3-6-11-21)27-25(29)19-33-26(30)22-12-9-15-24(18-22)34(31,32)28(2)23-13-7-4-8-14-23/h3-15,18,20H,16-17,19H2,1-2H3,(H,27,29)/t20-/m1/s1. The fourth-order valence-electron chi connectivity index (χ4n) is 3.35. The van der Waals surface area contributed by atoms with Gasteiger partial charge in [0, 0.05) is 13.1 Å². The molecule has 0 aliphatic carbocycles. The zero-order valence-corrected chi connectivity index (χ0v) is 20.0. The number of nitrogens with one attached hydrogen (secondary N) is 1. The molecule has 0 aliphatic rings. The Morgan fingerprint density at radius 1 is 0.941 bits per heavy atom. The van der Waals surface area contributed by atoms with Crippen molar-refractivity contribution in [1.82, 2.24) is 5.32 Å². The molecule has 178 valence electrons. The molecular weight excluding hydrogens is 452 g/mol. The number of para-hydroxylation sites is 1. The molecular formula is C26H28N2O5S. The van der Waals surface area contributed by atoms with Gasteiger partial charge in [-0.25, -0.2) is 13.2 Å². The van der Waals surface area contributed by atoms with E-state index in [-0.39, 0.29) is 16.5 Å². The number of sulfonamides is 1. The van der Waals surface area contributed by atoms with E-state index in [1.807, 2.05) is 37.3 Å². The molecule has 7 nitrogen and oxygen atoms in total. The highest BCUT2D eigenvalue weighted by Crippen LogP contribution is 2.22. The fraction of sp³-hybridized carbons (Fsp3) is 0.231. The average Bonchev–Trinajstić information content (AvgIpc) is 2.86. The normalized spacial score (nSPS) is 11.9. The van der Waals surface area contributed by atoms with E-state index in [0.29, 0.717) is 5.69 Å². The Morgan fingerprint density at radius 2 is 1.59 bits per heavy atom. The highest BCUT2D eigenvalue weighted by Gasteiger charge is 2.23. The number of hydrogen-bond acceptors (Lipinski definition) is 5. The van der Waals surface area contributed by atoms with E-state index in [1.54, 1.807) is 30.3 Å². The number of ether oxygens (including phenoxy) is 1. The molecule has 0 spiro atoms. The van der Waals surface area contributed by atoms with Crippen LogP contribution in [0.3, 0.4) is 0 Å². The summed E-state index contributed by atoms with van der Waals surface area (Å²) in [4.78, 5) is 24.6. The molecule has 3 aromatic carbocycles. The predicted molar refractivity (Wildman–Crippen MR) is 131 cm³/mol. The zero-order valence-electron chi connectivity index (χ0n) is 19.2. The molecule has 0 aliphatic heterocycles. The van der Waals surface area contributed by atoms with Crippen LogP contribution in [-0.4, -0.2) is 40.0 Å². The van der Waals surface area contributed by atoms with Crippen molar-refractivity contribution in [3.05, 3.63) is 96.1 Å². The minimum absolute atomic E-state index is 0.0486. The molecule has 1 atom stereocenters. The third kappa shape index (κ3) is 6.68. The molecule has 1 amide bonds. The molecule has 0 fully saturated rings. The van der Waals surface area contributed by atoms with Gasteiger partial charge in [-0.05, 0) is 55.7 Å². The van der Waals surface area contributed by atoms with Gasteiger partial charge in [-0.3, -0.25) is 9.10 Å². The first-order chi connectivity index (χ1) is 16.3. The van der Waals surface area contributed by atoms with Crippen molar-refractivity contribution in [2.24, 2.45) is 0 Å². The lowest BCUT2D eigenvalue weighted by Crippen LogP contribution is -2.36. The van der Waals surface area contributed by atoms with E-state index in [4.69, 9.17) is 4.74 Å². The third-order valence-corrected chi connectivity index (χ3v) is 7.08. The number of aryl methyl sites for hydroxylation is 1. The van der Waals surface area contributed by atoms with Crippen molar-refractivity contribution in [3.63, 3.8) is 0 Å². The van der Waals surface area contributed by atoms with E-state index in [0.717, 1.165) is 17.1 Å². The van der Waals surface area contributed by atoms with Crippen LogP contribution < -0.4 is 9.62 Å². The van der Waals surface area contributed by atoms with Gasteiger partial charge in [0.15, 0.2) is 6.61 Å². The Labute approximate surface area is 200 Å². The summed E-state index contributed by atoms with van der Waals surface area (Å²) < 4.78 is 32.2. The number of esters is 1. The molecule has 3 aromatic rings. The number of rotatable bonds is 10. The van der Waals surface area contributed by atoms with Gasteiger partial charge in [0.05, 0.1) is 16.1 Å². The summed E-state index contributed by atoms with van der Waals surface area (Å²) >= 11 is 0. The van der Waals surface area contributed by atoms with Crippen molar-refractivity contribution in [3.8, 4) is 0 Å². The SMILES string of the molecule is C[C@H](CCc1ccccc1)NC(=O)COC(=O)c1cccc(S(=O)(=O)N(C)c2ccccc2)c1. The molecule has 0 bridgehead atoms. The predicted octanol–water partition coefficient (Wildman–Crippen LogP) is 3.81. The summed E-state index contributed by atoms with van der Waals surface area (Å²) in [5.41, 5.74) is 1.73. The second kappa shape index (κ2) is 11.5. The molecule has 1 N–H and O–H groups in total. The van der Waals surface area contributed by atoms with Crippen LogP contribution in [0.5, 0.6) is 0 Å². The summed E-state index contributed by atoms with van der Waals surface area (Å²) in [6.07, 6.45) is 1.57. The van der Waals surface area contributed by atoms with E-state index in [9.17, 15) is 18.0 Å². The van der Waals surface area contributed by atoms with Gasteiger partial charge in [-0.2, -0.15) is 0 Å². The van der Waals surface area contributed by atoms with Crippen molar-refractivity contribution in [2.45, 2.75) is 30.7 Å². The lowest BCUT2D eigenvalue weighted by Gasteiger charge is -2.19. The number of hydrogen-bond donors (Lipinski definition) is 1. The molecule has 0 saturated heterocycles. The van der Waals surface area contributed by atoms with Gasteiger partial charge in [-0.1, -0.05) is 54.6 Å². The van der Waals surface area contributed by atoms with E-state index in [1.165, 1.54) is 36.9 Å². The van der Waals surface area contributed by atoms with E-state index < -0.39 is 28.5 Å². The van der Waals surface area contributed by atoms with E-state index in [2.05, 4.69) is 5.32 Å². The first-order valence-electron chi connectivity index (χ1n) is 10.9. The van der Waals surface area contributed by atoms with Gasteiger partial charge >= 0.3 is 5.97 Å². The Morgan fingerprint density at radius 3 is 2.26 bits per heavy atom. The lowest BCUT2D eigenvalue weighted by atomic mass is 10.1. The van der Waals surface area contributed by atoms with Crippen LogP contribution in [-0.2, 0) is 26.0 Å². The molecule has 34 heavy (non-hydrogen) atoms. The van der Waals surface area contributed by atoms with Crippen molar-refractivity contribution >= 4 is 27.6 Å². The van der Waals surface area contributed by atoms with Gasteiger partial charge in [0.1, 0.15) is 0 Å². The maximum atomic E-state index is 13.0. The summed E-state index contributed by atoms with van der Waals surface area (Å²) in [6, 6.07) is 24.1. The first-order valence-corrected chi connectivity index (χ1v) is 12.4. The summed E-state index contributed by atoms with van der Waals surface area (Å²) in [5, 5.41) is 2.81. The van der Waals surface area contributed by atoms with Crippen LogP contribution in [0.2, 0.25) is 0 Å². The largest absolute Gasteiger partial charge is 0.452 e. The van der Waals surface area contributed by atoms with Crippen LogP contribution in [0.1, 0.15) is 29.3 Å². The lowest BCUT2D eigenvalue weighted by molar-refractivity contribution is -0.124. The van der Waals surface area contributed by atoms with Gasteiger partial charge in [-0.15, -0.1) is 0 Å². The van der Waals surface area contributed by atoms with Crippen LogP contribution in [0.15, 0.2) is 89.8 Å². The highest BCUT2D eigenvalue weighted by atomic mass is 32.2. The molecule has 0 unspecified atom stereocenters. The number of amides is 1. The molecule has 0 saturated carbocycles. The second-order valence-corrected chi connectivity index (χ2v) is 9.87. The molecule has 0 heterocycles. The first kappa shape index (κ1) is 25.0. The molecule has 3 rings (SSSR count). The number of benzene rings is 3. The number of carbonyl (C=O) groups is 2. The maximum absolute atomic E-state index is 13.0. The zero-order chi connectivity index (χ0) is 24.6. The molecule has 0 aromatic heterocycles. The molecule has 8 heteroatoms. The Hall–Kier alpha value is -3.65. The monoisotopic (exact) mass is 480 g/mol. The molecule has 0 radical (unpaired) electrons. The highest BCUT2D eigenvalue weighted by molar-refractivity contribution is 7.92. The number of anilines is 1. The third-order valence-electron chi connectivity index (χ3n) is 5.30. The quantitative estimate of drug-likeness (QED) is 0.446. The van der Waals surface area contributed by atoms with E-state index >= 15 is 0 Å². The van der Waals surface area contributed by atoms with Gasteiger partial charge in [0.2, 0.25) is 0 Å². The smallest absolute Gasteiger partial charge is 0.338 e. The van der Waals surface area contributed by atoms with Gasteiger partial charge in [0.25, 0.3) is 15.9 Å². The van der Waals surface area contributed by atoms with Crippen molar-refractivity contribution in [2.75, 3.05) is 18.0 Å². The number of nitrogens with zero attached hydrogens (tertiary/aromatic N) is 1. The van der Waals surface area contributed by atoms with Crippen LogP contribution in [0.4, 0.5) is 5.69 Å². The summed E-state index contributed by atoms with van der Waals surface area (Å²) in [7, 11) is -2.43. The maximum Gasteiger partial charge on any atom is 0.338 e. The second-order valence-electron chi connectivity index (χ2n) is 7.90. The Balaban J connectivity index is 1.55. The fourth-order valence-corrected chi connectivity index (χ4v) is 4.59. The Bertz CT molecular complexity index is 1210. The topological polar surface area (TPSA) is 92.8 Å². The minimum Gasteiger partial charge on any atom is -0.452 e. The van der Waals surface area contributed by atoms with Crippen molar-refractivity contribution in [1.29, 1.82) is 0 Å². The Kier molecular flexibility index (Phi) is 8.43. The van der Waals surface area contributed by atoms with Crippen molar-refractivity contribution < 1.29 is 22.7 Å². The summed E-state index contributed by atoms with van der Waals surface area (Å²) in [6.45, 7) is 1.44. The summed E-state index contributed by atoms with van der Waals surface area (Å²) in [5.74, 6) is -1.19. The van der Waals surface area contributed by atoms with Crippen LogP contribution in [0, 0.1) is 0 Å². The average molecular weight is 481 g/mol. The van der Waals surface area contributed by atoms with Gasteiger partial charge < -0.3 is 10.1 Å². The minimum atomic E-state index is -3.88. The van der Waals surface area contributed by atoms with Crippen LogP contribution >= 0.6 is 0 Å². The van der Waals surface area contributed by atoms with Crippen LogP contribution in [0.25, 0.3) is 0 Å².